The zero-order valence-electron chi connectivity index (χ0n) is 11.7. The van der Waals surface area contributed by atoms with E-state index in [1.807, 2.05) is 13.8 Å². The fourth-order valence-corrected chi connectivity index (χ4v) is 2.39. The van der Waals surface area contributed by atoms with Gasteiger partial charge in [0.25, 0.3) is 0 Å². The van der Waals surface area contributed by atoms with Crippen LogP contribution >= 0.6 is 0 Å². The van der Waals surface area contributed by atoms with E-state index < -0.39 is 11.0 Å². The van der Waals surface area contributed by atoms with E-state index >= 15 is 0 Å². The van der Waals surface area contributed by atoms with Gasteiger partial charge in [-0.2, -0.15) is 5.10 Å². The van der Waals surface area contributed by atoms with Crippen molar-refractivity contribution >= 4 is 5.69 Å². The molecule has 1 fully saturated rings. The van der Waals surface area contributed by atoms with Crippen molar-refractivity contribution in [3.8, 4) is 0 Å². The molecule has 8 heteroatoms. The number of β-amino-alcohol motifs (C(OH)–C–C–N with tert-alkyl or cyclic N) is 1. The number of nitro groups is 1. The summed E-state index contributed by atoms with van der Waals surface area (Å²) < 4.78 is 7.01. The fourth-order valence-electron chi connectivity index (χ4n) is 2.39. The summed E-state index contributed by atoms with van der Waals surface area (Å²) in [7, 11) is 0. The van der Waals surface area contributed by atoms with Crippen molar-refractivity contribution in [2.24, 2.45) is 0 Å². The van der Waals surface area contributed by atoms with Gasteiger partial charge in [-0.15, -0.1) is 0 Å². The van der Waals surface area contributed by atoms with Crippen LogP contribution in [0.2, 0.25) is 0 Å². The van der Waals surface area contributed by atoms with E-state index in [1.165, 1.54) is 17.1 Å². The Morgan fingerprint density at radius 2 is 2.35 bits per heavy atom. The molecule has 0 spiro atoms. The monoisotopic (exact) mass is 284 g/mol. The van der Waals surface area contributed by atoms with Crippen LogP contribution in [0.15, 0.2) is 12.4 Å². The van der Waals surface area contributed by atoms with Crippen LogP contribution in [-0.2, 0) is 11.3 Å². The van der Waals surface area contributed by atoms with Crippen molar-refractivity contribution in [2.75, 3.05) is 26.2 Å². The molecule has 20 heavy (non-hydrogen) atoms. The summed E-state index contributed by atoms with van der Waals surface area (Å²) in [5.74, 6) is 0. The summed E-state index contributed by atoms with van der Waals surface area (Å²) >= 11 is 0. The SMILES string of the molecule is CC1(C)CN(CC(O)Cn2cc([N+](=O)[O-])cn2)CCO1. The van der Waals surface area contributed by atoms with Crippen LogP contribution in [0.25, 0.3) is 0 Å². The van der Waals surface area contributed by atoms with E-state index in [1.54, 1.807) is 0 Å². The largest absolute Gasteiger partial charge is 0.390 e. The molecule has 0 aromatic carbocycles. The zero-order chi connectivity index (χ0) is 14.8. The Hall–Kier alpha value is -1.51. The van der Waals surface area contributed by atoms with Crippen molar-refractivity contribution in [2.45, 2.75) is 32.1 Å². The molecule has 0 amide bonds. The minimum atomic E-state index is -0.622. The molecular weight excluding hydrogens is 264 g/mol. The second-order valence-electron chi connectivity index (χ2n) is 5.67. The van der Waals surface area contributed by atoms with Gasteiger partial charge in [-0.3, -0.25) is 19.7 Å². The summed E-state index contributed by atoms with van der Waals surface area (Å²) in [6.07, 6.45) is 1.89. The third-order valence-electron chi connectivity index (χ3n) is 3.20. The number of aromatic nitrogens is 2. The van der Waals surface area contributed by atoms with Crippen LogP contribution in [0.4, 0.5) is 5.69 Å². The molecule has 0 bridgehead atoms. The molecule has 1 aromatic rings. The van der Waals surface area contributed by atoms with Crippen molar-refractivity contribution in [1.82, 2.24) is 14.7 Å². The summed E-state index contributed by atoms with van der Waals surface area (Å²) in [4.78, 5) is 12.2. The summed E-state index contributed by atoms with van der Waals surface area (Å²) in [6, 6.07) is 0. The highest BCUT2D eigenvalue weighted by Gasteiger charge is 2.28. The Bertz CT molecular complexity index is 474. The Labute approximate surface area is 117 Å². The molecule has 1 aromatic heterocycles. The Morgan fingerprint density at radius 1 is 1.60 bits per heavy atom. The number of hydrogen-bond acceptors (Lipinski definition) is 6. The van der Waals surface area contributed by atoms with Gasteiger partial charge in [0.2, 0.25) is 0 Å². The van der Waals surface area contributed by atoms with Gasteiger partial charge in [0.1, 0.15) is 12.4 Å². The Morgan fingerprint density at radius 3 is 2.95 bits per heavy atom. The van der Waals surface area contributed by atoms with Crippen molar-refractivity contribution in [3.05, 3.63) is 22.5 Å². The first kappa shape index (κ1) is 14.9. The molecule has 1 aliphatic heterocycles. The third kappa shape index (κ3) is 3.99. The van der Waals surface area contributed by atoms with Crippen molar-refractivity contribution < 1.29 is 14.8 Å². The first-order valence-electron chi connectivity index (χ1n) is 6.57. The third-order valence-corrected chi connectivity index (χ3v) is 3.20. The van der Waals surface area contributed by atoms with Gasteiger partial charge in [0.15, 0.2) is 0 Å². The molecule has 0 radical (unpaired) electrons. The van der Waals surface area contributed by atoms with Crippen LogP contribution in [-0.4, -0.2) is 62.7 Å². The standard InChI is InChI=1S/C12H20N4O4/c1-12(2)9-14(3-4-20-12)7-11(17)8-15-6-10(5-13-15)16(18)19/h5-6,11,17H,3-4,7-9H2,1-2H3. The molecular formula is C12H20N4O4. The van der Waals surface area contributed by atoms with Crippen molar-refractivity contribution in [1.29, 1.82) is 0 Å². The van der Waals surface area contributed by atoms with Gasteiger partial charge >= 0.3 is 5.69 Å². The van der Waals surface area contributed by atoms with Gasteiger partial charge in [-0.05, 0) is 13.8 Å². The molecule has 1 saturated heterocycles. The highest BCUT2D eigenvalue weighted by atomic mass is 16.6. The van der Waals surface area contributed by atoms with Gasteiger partial charge < -0.3 is 9.84 Å². The molecule has 1 N–H and O–H groups in total. The number of rotatable bonds is 5. The quantitative estimate of drug-likeness (QED) is 0.616. The van der Waals surface area contributed by atoms with Gasteiger partial charge in [0.05, 0.1) is 29.8 Å². The second kappa shape index (κ2) is 5.86. The number of ether oxygens (including phenoxy) is 1. The number of nitrogens with zero attached hydrogens (tertiary/aromatic N) is 4. The maximum absolute atomic E-state index is 10.6. The number of aliphatic hydroxyl groups excluding tert-OH is 1. The van der Waals surface area contributed by atoms with Gasteiger partial charge in [-0.1, -0.05) is 0 Å². The average Bonchev–Trinajstić information content (AvgIpc) is 2.75. The minimum absolute atomic E-state index is 0.0651. The van der Waals surface area contributed by atoms with Gasteiger partial charge in [-0.25, -0.2) is 0 Å². The molecule has 1 atom stereocenters. The predicted molar refractivity (Wildman–Crippen MR) is 71.4 cm³/mol. The number of aliphatic hydroxyl groups is 1. The molecule has 8 nitrogen and oxygen atoms in total. The predicted octanol–water partition coefficient (Wildman–Crippen LogP) is 0.263. The molecule has 1 unspecified atom stereocenters. The van der Waals surface area contributed by atoms with E-state index in [0.717, 1.165) is 13.1 Å². The zero-order valence-corrected chi connectivity index (χ0v) is 11.7. The van der Waals surface area contributed by atoms with Crippen LogP contribution in [0, 0.1) is 10.1 Å². The smallest absolute Gasteiger partial charge is 0.306 e. The molecule has 2 heterocycles. The van der Waals surface area contributed by atoms with Crippen molar-refractivity contribution in [3.63, 3.8) is 0 Å². The lowest BCUT2D eigenvalue weighted by atomic mass is 10.1. The summed E-state index contributed by atoms with van der Waals surface area (Å²) in [5, 5.41) is 24.5. The normalized spacial score (nSPS) is 20.8. The lowest BCUT2D eigenvalue weighted by Crippen LogP contribution is -2.50. The van der Waals surface area contributed by atoms with Crippen LogP contribution in [0.5, 0.6) is 0 Å². The van der Waals surface area contributed by atoms with Crippen LogP contribution in [0.1, 0.15) is 13.8 Å². The maximum Gasteiger partial charge on any atom is 0.306 e. The molecule has 2 rings (SSSR count). The fraction of sp³-hybridized carbons (Fsp3) is 0.750. The lowest BCUT2D eigenvalue weighted by Gasteiger charge is -2.38. The molecule has 112 valence electrons. The molecule has 1 aliphatic rings. The summed E-state index contributed by atoms with van der Waals surface area (Å²) in [6.45, 7) is 6.95. The summed E-state index contributed by atoms with van der Waals surface area (Å²) in [5.41, 5.74) is -0.271. The highest BCUT2D eigenvalue weighted by Crippen LogP contribution is 2.16. The van der Waals surface area contributed by atoms with E-state index in [9.17, 15) is 15.2 Å². The van der Waals surface area contributed by atoms with E-state index in [2.05, 4.69) is 10.00 Å². The number of morpholine rings is 1. The molecule has 0 aliphatic carbocycles. The van der Waals surface area contributed by atoms with E-state index in [4.69, 9.17) is 4.74 Å². The topological polar surface area (TPSA) is 93.7 Å². The van der Waals surface area contributed by atoms with E-state index in [0.29, 0.717) is 13.2 Å². The lowest BCUT2D eigenvalue weighted by molar-refractivity contribution is -0.385. The highest BCUT2D eigenvalue weighted by molar-refractivity contribution is 5.20. The number of hydrogen-bond donors (Lipinski definition) is 1. The van der Waals surface area contributed by atoms with Crippen LogP contribution < -0.4 is 0 Å². The maximum atomic E-state index is 10.6. The minimum Gasteiger partial charge on any atom is -0.390 e. The molecule has 0 saturated carbocycles. The second-order valence-corrected chi connectivity index (χ2v) is 5.67. The van der Waals surface area contributed by atoms with Gasteiger partial charge in [0, 0.05) is 19.6 Å². The Kier molecular flexibility index (Phi) is 4.36. The average molecular weight is 284 g/mol. The first-order valence-corrected chi connectivity index (χ1v) is 6.57. The van der Waals surface area contributed by atoms with Crippen LogP contribution in [0.3, 0.4) is 0 Å². The van der Waals surface area contributed by atoms with E-state index in [-0.39, 0.29) is 17.8 Å². The first-order chi connectivity index (χ1) is 9.35. The Balaban J connectivity index is 1.85.